The average molecular weight is 449 g/mol. The Morgan fingerprint density at radius 1 is 1.18 bits per heavy atom. The average Bonchev–Trinajstić information content (AvgIpc) is 3.00. The Hall–Kier alpha value is -2.24. The van der Waals surface area contributed by atoms with Crippen LogP contribution < -0.4 is 4.72 Å². The summed E-state index contributed by atoms with van der Waals surface area (Å²) >= 11 is 7.00. The van der Waals surface area contributed by atoms with Crippen LogP contribution in [-0.2, 0) is 23.2 Å². The third-order valence-corrected chi connectivity index (χ3v) is 6.53. The van der Waals surface area contributed by atoms with Gasteiger partial charge in [0.2, 0.25) is 0 Å². The molecule has 0 bridgehead atoms. The van der Waals surface area contributed by atoms with Gasteiger partial charge >= 0.3 is 6.18 Å². The predicted octanol–water partition coefficient (Wildman–Crippen LogP) is 4.44. The van der Waals surface area contributed by atoms with E-state index in [2.05, 4.69) is 14.9 Å². The van der Waals surface area contributed by atoms with Gasteiger partial charge in [-0.15, -0.1) is 10.2 Å². The second kappa shape index (κ2) is 7.64. The van der Waals surface area contributed by atoms with Crippen molar-refractivity contribution in [3.63, 3.8) is 0 Å². The quantitative estimate of drug-likeness (QED) is 0.624. The van der Waals surface area contributed by atoms with Crippen LogP contribution in [0.1, 0.15) is 5.56 Å². The molecule has 0 saturated carbocycles. The molecule has 0 aliphatic heterocycles. The molecule has 2 aromatic carbocycles. The molecular weight excluding hydrogens is 437 g/mol. The minimum Gasteiger partial charge on any atom is -0.311 e. The van der Waals surface area contributed by atoms with Gasteiger partial charge in [0, 0.05) is 11.9 Å². The fourth-order valence-electron chi connectivity index (χ4n) is 2.19. The summed E-state index contributed by atoms with van der Waals surface area (Å²) in [4.78, 5) is -0.173. The Morgan fingerprint density at radius 3 is 2.54 bits per heavy atom. The van der Waals surface area contributed by atoms with Gasteiger partial charge in [-0.3, -0.25) is 4.72 Å². The molecule has 0 radical (unpaired) electrons. The maximum Gasteiger partial charge on any atom is 0.416 e. The molecule has 0 unspecified atom stereocenters. The summed E-state index contributed by atoms with van der Waals surface area (Å²) in [5, 5.41) is 7.84. The molecular formula is C16H12ClF3N4O2S2. The monoisotopic (exact) mass is 448 g/mol. The van der Waals surface area contributed by atoms with Gasteiger partial charge in [0.1, 0.15) is 11.2 Å². The number of aryl methyl sites for hydroxylation is 1. The highest BCUT2D eigenvalue weighted by atomic mass is 35.5. The number of para-hydroxylation sites is 1. The zero-order chi connectivity index (χ0) is 20.5. The first-order valence-electron chi connectivity index (χ1n) is 7.58. The first-order chi connectivity index (χ1) is 13.1. The number of nitrogens with zero attached hydrogens (tertiary/aromatic N) is 3. The van der Waals surface area contributed by atoms with Crippen LogP contribution in [0.3, 0.4) is 0 Å². The molecule has 0 aliphatic carbocycles. The minimum absolute atomic E-state index is 0.170. The SMILES string of the molecule is Cn1cnnc1Sc1ccccc1NS(=O)(=O)c1cc(C(F)(F)F)ccc1Cl. The van der Waals surface area contributed by atoms with E-state index in [0.29, 0.717) is 16.1 Å². The lowest BCUT2D eigenvalue weighted by Crippen LogP contribution is -2.15. The van der Waals surface area contributed by atoms with Gasteiger partial charge in [-0.25, -0.2) is 8.42 Å². The van der Waals surface area contributed by atoms with E-state index in [4.69, 9.17) is 11.6 Å². The molecule has 3 aromatic rings. The Morgan fingerprint density at radius 2 is 1.89 bits per heavy atom. The Bertz CT molecular complexity index is 1120. The van der Waals surface area contributed by atoms with Crippen molar-refractivity contribution in [1.29, 1.82) is 0 Å². The Balaban J connectivity index is 1.97. The number of halogens is 4. The lowest BCUT2D eigenvalue weighted by atomic mass is 10.2. The van der Waals surface area contributed by atoms with E-state index in [1.165, 1.54) is 12.4 Å². The third-order valence-electron chi connectivity index (χ3n) is 3.55. The maximum absolute atomic E-state index is 13.0. The van der Waals surface area contributed by atoms with Crippen molar-refractivity contribution >= 4 is 39.1 Å². The van der Waals surface area contributed by atoms with Crippen LogP contribution in [0, 0.1) is 0 Å². The van der Waals surface area contributed by atoms with E-state index in [9.17, 15) is 21.6 Å². The summed E-state index contributed by atoms with van der Waals surface area (Å²) in [5.74, 6) is 0. The lowest BCUT2D eigenvalue weighted by Gasteiger charge is -2.14. The Kier molecular flexibility index (Phi) is 5.60. The van der Waals surface area contributed by atoms with Gasteiger partial charge in [-0.05, 0) is 42.1 Å². The second-order valence-electron chi connectivity index (χ2n) is 5.57. The van der Waals surface area contributed by atoms with Crippen molar-refractivity contribution in [3.8, 4) is 0 Å². The summed E-state index contributed by atoms with van der Waals surface area (Å²) in [5.41, 5.74) is -0.942. The number of sulfonamides is 1. The molecule has 0 amide bonds. The van der Waals surface area contributed by atoms with Crippen molar-refractivity contribution in [2.75, 3.05) is 4.72 Å². The number of hydrogen-bond donors (Lipinski definition) is 1. The largest absolute Gasteiger partial charge is 0.416 e. The number of aromatic nitrogens is 3. The van der Waals surface area contributed by atoms with E-state index in [1.54, 1.807) is 29.8 Å². The van der Waals surface area contributed by atoms with E-state index in [0.717, 1.165) is 23.9 Å². The van der Waals surface area contributed by atoms with E-state index < -0.39 is 26.7 Å². The number of anilines is 1. The third kappa shape index (κ3) is 4.42. The fraction of sp³-hybridized carbons (Fsp3) is 0.125. The smallest absolute Gasteiger partial charge is 0.311 e. The van der Waals surface area contributed by atoms with Gasteiger partial charge in [0.05, 0.1) is 16.3 Å². The van der Waals surface area contributed by atoms with Gasteiger partial charge in [0.25, 0.3) is 10.0 Å². The minimum atomic E-state index is -4.70. The Labute approximate surface area is 167 Å². The van der Waals surface area contributed by atoms with Gasteiger partial charge in [-0.2, -0.15) is 13.2 Å². The van der Waals surface area contributed by atoms with Gasteiger partial charge in [0.15, 0.2) is 5.16 Å². The molecule has 148 valence electrons. The van der Waals surface area contributed by atoms with Crippen LogP contribution in [0.25, 0.3) is 0 Å². The van der Waals surface area contributed by atoms with E-state index in [1.807, 2.05) is 0 Å². The predicted molar refractivity (Wildman–Crippen MR) is 98.8 cm³/mol. The maximum atomic E-state index is 13.0. The van der Waals surface area contributed by atoms with Crippen molar-refractivity contribution in [2.45, 2.75) is 21.1 Å². The van der Waals surface area contributed by atoms with Crippen molar-refractivity contribution in [1.82, 2.24) is 14.8 Å². The molecule has 3 rings (SSSR count). The highest BCUT2D eigenvalue weighted by Gasteiger charge is 2.33. The molecule has 12 heteroatoms. The number of nitrogens with one attached hydrogen (secondary N) is 1. The lowest BCUT2D eigenvalue weighted by molar-refractivity contribution is -0.137. The highest BCUT2D eigenvalue weighted by molar-refractivity contribution is 7.99. The van der Waals surface area contributed by atoms with Crippen LogP contribution in [0.2, 0.25) is 5.02 Å². The first-order valence-corrected chi connectivity index (χ1v) is 10.3. The molecule has 28 heavy (non-hydrogen) atoms. The molecule has 1 N–H and O–H groups in total. The first kappa shape index (κ1) is 20.5. The van der Waals surface area contributed by atoms with Gasteiger partial charge in [-0.1, -0.05) is 23.7 Å². The molecule has 0 saturated heterocycles. The van der Waals surface area contributed by atoms with Crippen LogP contribution in [0.15, 0.2) is 63.7 Å². The molecule has 0 aliphatic rings. The van der Waals surface area contributed by atoms with Crippen molar-refractivity contribution < 1.29 is 21.6 Å². The second-order valence-corrected chi connectivity index (χ2v) is 8.64. The van der Waals surface area contributed by atoms with Crippen LogP contribution in [0.5, 0.6) is 0 Å². The summed E-state index contributed by atoms with van der Waals surface area (Å²) in [6.45, 7) is 0. The van der Waals surface area contributed by atoms with Crippen LogP contribution >= 0.6 is 23.4 Å². The number of rotatable bonds is 5. The number of alkyl halides is 3. The van der Waals surface area contributed by atoms with E-state index >= 15 is 0 Å². The molecule has 0 fully saturated rings. The number of benzene rings is 2. The topological polar surface area (TPSA) is 76.9 Å². The zero-order valence-corrected chi connectivity index (χ0v) is 16.5. The molecule has 1 aromatic heterocycles. The van der Waals surface area contributed by atoms with Crippen LogP contribution in [0.4, 0.5) is 18.9 Å². The zero-order valence-electron chi connectivity index (χ0n) is 14.1. The summed E-state index contributed by atoms with van der Waals surface area (Å²) < 4.78 is 68.2. The van der Waals surface area contributed by atoms with Crippen molar-refractivity contribution in [3.05, 3.63) is 59.4 Å². The molecule has 0 spiro atoms. The fourth-order valence-corrected chi connectivity index (χ4v) is 4.71. The molecule has 0 atom stereocenters. The normalized spacial score (nSPS) is 12.2. The van der Waals surface area contributed by atoms with Crippen LogP contribution in [-0.4, -0.2) is 23.2 Å². The van der Waals surface area contributed by atoms with Crippen molar-refractivity contribution in [2.24, 2.45) is 7.05 Å². The molecule has 6 nitrogen and oxygen atoms in total. The van der Waals surface area contributed by atoms with Gasteiger partial charge < -0.3 is 4.57 Å². The summed E-state index contributed by atoms with van der Waals surface area (Å²) in [6, 6.07) is 8.53. The summed E-state index contributed by atoms with van der Waals surface area (Å²) in [7, 11) is -2.66. The number of hydrogen-bond acceptors (Lipinski definition) is 5. The van der Waals surface area contributed by atoms with E-state index in [-0.39, 0.29) is 10.7 Å². The molecule has 1 heterocycles. The highest BCUT2D eigenvalue weighted by Crippen LogP contribution is 2.36. The standard InChI is InChI=1S/C16H12ClF3N4O2S2/c1-24-9-21-22-15(24)27-13-5-3-2-4-12(13)23-28(25,26)14-8-10(16(18,19)20)6-7-11(14)17/h2-9,23H,1H3. The summed E-state index contributed by atoms with van der Waals surface area (Å²) in [6.07, 6.45) is -3.22.